The number of carbonyl (C=O) groups excluding carboxylic acids is 4. The number of ketones is 1. The number of carboxylic acids is 1. The molecule has 3 saturated carbocycles. The number of halogens is 1. The Labute approximate surface area is 426 Å². The average Bonchev–Trinajstić information content (AvgIpc) is 3.91. The van der Waals surface area contributed by atoms with E-state index in [1.807, 2.05) is 0 Å². The number of aromatic hydroxyl groups is 1. The van der Waals surface area contributed by atoms with Crippen LogP contribution < -0.4 is 27.2 Å². The van der Waals surface area contributed by atoms with E-state index in [0.29, 0.717) is 48.3 Å². The van der Waals surface area contributed by atoms with E-state index in [1.54, 1.807) is 17.1 Å². The number of H-pyrrole nitrogens is 1. The maximum atomic E-state index is 13.8. The van der Waals surface area contributed by atoms with Crippen LogP contribution in [-0.2, 0) is 35.1 Å². The highest BCUT2D eigenvalue weighted by Gasteiger charge is 2.59. The molecule has 7 rings (SSSR count). The molecule has 4 fully saturated rings. The minimum atomic E-state index is -1.38. The summed E-state index contributed by atoms with van der Waals surface area (Å²) in [6.45, 7) is 12.3. The molecule has 0 spiro atoms. The van der Waals surface area contributed by atoms with Crippen molar-refractivity contribution in [3.8, 4) is 5.75 Å². The number of aliphatic hydroxyl groups is 1. The number of fused-ring (bicyclic) bond motifs is 5. The molecule has 73 heavy (non-hydrogen) atoms. The topological polar surface area (TPSA) is 255 Å². The van der Waals surface area contributed by atoms with E-state index in [1.165, 1.54) is 62.7 Å². The predicted octanol–water partition coefficient (Wildman–Crippen LogP) is 6.98. The molecule has 402 valence electrons. The van der Waals surface area contributed by atoms with Crippen molar-refractivity contribution in [1.29, 1.82) is 0 Å². The molecule has 0 radical (unpaired) electrons. The van der Waals surface area contributed by atoms with Crippen molar-refractivity contribution >= 4 is 29.7 Å². The van der Waals surface area contributed by atoms with Gasteiger partial charge in [-0.3, -0.25) is 28.7 Å². The number of aliphatic carboxylic acids is 1. The summed E-state index contributed by atoms with van der Waals surface area (Å²) in [6, 6.07) is 3.63. The number of hydrogen-bond acceptors (Lipinski definition) is 11. The second-order valence-electron chi connectivity index (χ2n) is 22.8. The van der Waals surface area contributed by atoms with E-state index in [9.17, 15) is 53.3 Å². The number of aromatic nitrogens is 2. The van der Waals surface area contributed by atoms with Gasteiger partial charge in [-0.1, -0.05) is 77.7 Å². The van der Waals surface area contributed by atoms with Crippen molar-refractivity contribution in [3.05, 3.63) is 74.3 Å². The second kappa shape index (κ2) is 23.9. The molecule has 17 nitrogen and oxygen atoms in total. The molecule has 2 aromatic rings. The zero-order valence-corrected chi connectivity index (χ0v) is 43.2. The van der Waals surface area contributed by atoms with Crippen molar-refractivity contribution < 1.29 is 53.2 Å². The molecular weight excluding hydrogens is 942 g/mol. The Morgan fingerprint density at radius 3 is 2.40 bits per heavy atom. The summed E-state index contributed by atoms with van der Waals surface area (Å²) in [5.74, 6) is -0.0668. The molecule has 1 aromatic heterocycles. The summed E-state index contributed by atoms with van der Waals surface area (Å²) in [4.78, 5) is 90.6. The number of amides is 3. The number of benzene rings is 1. The summed E-state index contributed by atoms with van der Waals surface area (Å²) in [5.41, 5.74) is 0.222. The van der Waals surface area contributed by atoms with Gasteiger partial charge in [0.15, 0.2) is 5.78 Å². The van der Waals surface area contributed by atoms with Crippen LogP contribution in [0.1, 0.15) is 156 Å². The molecule has 3 amide bonds. The number of nitrogens with one attached hydrogen (secondary N) is 4. The Morgan fingerprint density at radius 2 is 1.67 bits per heavy atom. The lowest BCUT2D eigenvalue weighted by atomic mass is 9.47. The van der Waals surface area contributed by atoms with E-state index in [4.69, 9.17) is 9.47 Å². The number of carbonyl (C=O) groups is 5. The van der Waals surface area contributed by atoms with Gasteiger partial charge in [0.25, 0.3) is 5.56 Å². The fraction of sp³-hybridized carbons (Fsp3) is 0.691. The molecule has 13 atom stereocenters. The Morgan fingerprint density at radius 1 is 0.918 bits per heavy atom. The van der Waals surface area contributed by atoms with Gasteiger partial charge in [-0.25, -0.2) is 14.4 Å². The van der Waals surface area contributed by atoms with Gasteiger partial charge < -0.3 is 40.7 Å². The SMILES string of the molecule is CC(C)CCC[C@@H](C)[C@H]1CC[C@H]2[C@@H]3CC=C4C[C@@H](OC(=O)N[C@H](Cc5ccc(O)cc5)C(=O)N[C@H](CCCCNC(=O)CCC(=O)C5OC(n6cc(F)c(=O)[nH]c6=O)CC5O)C(=O)O)CC[C@]4(C)[C@H]3CC[C@]12C. The normalized spacial score (nSPS) is 29.7. The number of carboxylic acid groups (broad SMARTS) is 1. The third-order valence-electron chi connectivity index (χ3n) is 17.6. The number of ether oxygens (including phenoxy) is 2. The molecule has 1 aromatic carbocycles. The van der Waals surface area contributed by atoms with Crippen molar-refractivity contribution in [1.82, 2.24) is 25.5 Å². The number of unbranched alkanes of at least 4 members (excludes halogenated alkanes) is 1. The summed E-state index contributed by atoms with van der Waals surface area (Å²) >= 11 is 0. The van der Waals surface area contributed by atoms with Gasteiger partial charge in [-0.15, -0.1) is 0 Å². The average molecular weight is 1020 g/mol. The highest BCUT2D eigenvalue weighted by atomic mass is 19.1. The number of rotatable bonds is 22. The summed E-state index contributed by atoms with van der Waals surface area (Å²) in [5, 5.41) is 38.4. The quantitative estimate of drug-likeness (QED) is 0.0466. The van der Waals surface area contributed by atoms with Gasteiger partial charge in [0.05, 0.1) is 12.3 Å². The van der Waals surface area contributed by atoms with Gasteiger partial charge in [0.2, 0.25) is 17.6 Å². The first kappa shape index (κ1) is 55.4. The number of alkyl carbamates (subject to hydrolysis) is 1. The highest BCUT2D eigenvalue weighted by Crippen LogP contribution is 2.67. The molecule has 4 aliphatic carbocycles. The molecule has 5 aliphatic rings. The molecule has 0 bridgehead atoms. The lowest BCUT2D eigenvalue weighted by molar-refractivity contribution is -0.142. The molecule has 1 aliphatic heterocycles. The highest BCUT2D eigenvalue weighted by molar-refractivity contribution is 5.90. The zero-order chi connectivity index (χ0) is 52.8. The fourth-order valence-electron chi connectivity index (χ4n) is 13.6. The largest absolute Gasteiger partial charge is 0.508 e. The minimum Gasteiger partial charge on any atom is -0.508 e. The summed E-state index contributed by atoms with van der Waals surface area (Å²) in [7, 11) is 0. The first-order valence-electron chi connectivity index (χ1n) is 26.8. The standard InChI is InChI=1S/C55H78FN5O12/c1-31(2)9-8-10-32(3)38-18-19-39-37-17-14-34-28-36(22-24-54(34,4)40(37)23-25-55(38,39)5)72-53(71)59-43(27-33-12-15-35(62)16-13-33)50(67)58-42(51(68)69)11-6-7-26-57-46(65)21-20-44(63)48-45(64)29-47(73-48)61-30-41(56)49(66)60-52(61)70/h12-16,30-32,36-40,42-43,45,47-48,62,64H,6-11,17-29H2,1-5H3,(H,57,65)(H,58,67)(H,59,71)(H,68,69)(H,60,66,70)/t32-,36+,37+,38-,39+,40+,42-,43-,45?,47?,48?,54+,55-/m1/s1. The van der Waals surface area contributed by atoms with Crippen molar-refractivity contribution in [3.63, 3.8) is 0 Å². The van der Waals surface area contributed by atoms with Crippen LogP contribution in [0.5, 0.6) is 5.75 Å². The Bertz CT molecular complexity index is 2460. The number of Topliss-reactive ketones (excluding diaryl/α,β-unsaturated/α-hetero) is 1. The molecule has 18 heteroatoms. The second-order valence-corrected chi connectivity index (χ2v) is 22.8. The number of aliphatic hydroxyl groups excluding tert-OH is 1. The number of allylic oxidation sites excluding steroid dienone is 1. The number of phenols is 1. The Balaban J connectivity index is 0.873. The zero-order valence-electron chi connectivity index (χ0n) is 43.2. The van der Waals surface area contributed by atoms with Gasteiger partial charge in [-0.05, 0) is 128 Å². The Hall–Kier alpha value is -5.36. The third kappa shape index (κ3) is 13.1. The maximum Gasteiger partial charge on any atom is 0.408 e. The molecule has 3 unspecified atom stereocenters. The van der Waals surface area contributed by atoms with Gasteiger partial charge >= 0.3 is 17.8 Å². The third-order valence-corrected chi connectivity index (χ3v) is 17.6. The van der Waals surface area contributed by atoms with E-state index in [0.717, 1.165) is 41.1 Å². The maximum absolute atomic E-state index is 13.8. The molecule has 7 N–H and O–H groups in total. The van der Waals surface area contributed by atoms with Crippen LogP contribution >= 0.6 is 0 Å². The van der Waals surface area contributed by atoms with Crippen LogP contribution in [0.25, 0.3) is 0 Å². The van der Waals surface area contributed by atoms with Crippen molar-refractivity contribution in [2.45, 2.75) is 187 Å². The number of aromatic amines is 1. The smallest absolute Gasteiger partial charge is 0.408 e. The van der Waals surface area contributed by atoms with E-state index >= 15 is 0 Å². The lowest BCUT2D eigenvalue weighted by Crippen LogP contribution is -2.53. The first-order chi connectivity index (χ1) is 34.7. The van der Waals surface area contributed by atoms with Crippen LogP contribution in [0, 0.1) is 52.2 Å². The molecule has 2 heterocycles. The van der Waals surface area contributed by atoms with Gasteiger partial charge in [0.1, 0.15) is 36.3 Å². The minimum absolute atomic E-state index is 0.00177. The lowest BCUT2D eigenvalue weighted by Gasteiger charge is -2.58. The van der Waals surface area contributed by atoms with Crippen LogP contribution in [-0.4, -0.2) is 91.5 Å². The van der Waals surface area contributed by atoms with Crippen molar-refractivity contribution in [2.24, 2.45) is 46.3 Å². The fourth-order valence-corrected chi connectivity index (χ4v) is 13.6. The molecule has 1 saturated heterocycles. The summed E-state index contributed by atoms with van der Waals surface area (Å²) in [6.07, 6.45) is 10.2. The monoisotopic (exact) mass is 1020 g/mol. The first-order valence-corrected chi connectivity index (χ1v) is 26.8. The van der Waals surface area contributed by atoms with Crippen LogP contribution in [0.4, 0.5) is 9.18 Å². The number of phenolic OH excluding ortho intramolecular Hbond substituents is 1. The van der Waals surface area contributed by atoms with Crippen LogP contribution in [0.3, 0.4) is 0 Å². The summed E-state index contributed by atoms with van der Waals surface area (Å²) < 4.78 is 26.1. The van der Waals surface area contributed by atoms with Crippen LogP contribution in [0.15, 0.2) is 51.7 Å². The van der Waals surface area contributed by atoms with Gasteiger partial charge in [0, 0.05) is 38.6 Å². The molecular formula is C55H78FN5O12. The van der Waals surface area contributed by atoms with E-state index < -0.39 is 77.2 Å². The van der Waals surface area contributed by atoms with E-state index in [-0.39, 0.29) is 62.3 Å². The predicted molar refractivity (Wildman–Crippen MR) is 269 cm³/mol. The van der Waals surface area contributed by atoms with Crippen LogP contribution in [0.2, 0.25) is 0 Å². The van der Waals surface area contributed by atoms with E-state index in [2.05, 4.69) is 56.6 Å². The number of hydrogen-bond donors (Lipinski definition) is 7. The van der Waals surface area contributed by atoms with Crippen molar-refractivity contribution in [2.75, 3.05) is 6.54 Å². The number of nitrogens with zero attached hydrogens (tertiary/aromatic N) is 1. The van der Waals surface area contributed by atoms with Gasteiger partial charge in [-0.2, -0.15) is 4.39 Å². The Kier molecular flexibility index (Phi) is 18.1.